The van der Waals surface area contributed by atoms with Crippen molar-refractivity contribution in [2.45, 2.75) is 6.54 Å². The van der Waals surface area contributed by atoms with Gasteiger partial charge in [-0.2, -0.15) is 4.98 Å². The van der Waals surface area contributed by atoms with Crippen LogP contribution >= 0.6 is 11.6 Å². The van der Waals surface area contributed by atoms with E-state index in [1.807, 2.05) is 0 Å². The average molecular weight is 466 g/mol. The van der Waals surface area contributed by atoms with E-state index in [0.717, 1.165) is 6.07 Å². The van der Waals surface area contributed by atoms with Crippen molar-refractivity contribution in [1.82, 2.24) is 14.9 Å². The van der Waals surface area contributed by atoms with E-state index in [-0.39, 0.29) is 35.8 Å². The summed E-state index contributed by atoms with van der Waals surface area (Å²) < 4.78 is 31.9. The smallest absolute Gasteiger partial charge is 0.244 e. The second-order valence-corrected chi connectivity index (χ2v) is 7.14. The molecule has 32 heavy (non-hydrogen) atoms. The lowest BCUT2D eigenvalue weighted by atomic mass is 10.2. The van der Waals surface area contributed by atoms with Crippen LogP contribution in [0.1, 0.15) is 5.56 Å². The molecule has 1 amide bonds. The first kappa shape index (κ1) is 23.4. The van der Waals surface area contributed by atoms with Crippen LogP contribution in [0.5, 0.6) is 0 Å². The average Bonchev–Trinajstić information content (AvgIpc) is 2.78. The summed E-state index contributed by atoms with van der Waals surface area (Å²) in [5.41, 5.74) is 6.36. The summed E-state index contributed by atoms with van der Waals surface area (Å²) in [4.78, 5) is 26.2. The molecular weight excluding hydrogens is 444 g/mol. The van der Waals surface area contributed by atoms with Crippen LogP contribution in [0.4, 0.5) is 20.5 Å². The number of anilines is 2. The Morgan fingerprint density at radius 3 is 2.69 bits per heavy atom. The fraction of sp³-hybridized carbons (Fsp3) is 0.300. The van der Waals surface area contributed by atoms with Crippen LogP contribution in [0.3, 0.4) is 0 Å². The van der Waals surface area contributed by atoms with Crippen LogP contribution in [-0.4, -0.2) is 59.8 Å². The second-order valence-electron chi connectivity index (χ2n) is 6.73. The molecule has 1 aliphatic rings. The number of carbonyl (C=O) groups excluding carboxylic acids is 1. The van der Waals surface area contributed by atoms with Gasteiger partial charge in [0, 0.05) is 38.1 Å². The molecule has 1 aromatic carbocycles. The molecule has 0 saturated carbocycles. The van der Waals surface area contributed by atoms with Gasteiger partial charge in [-0.15, -0.1) is 0 Å². The van der Waals surface area contributed by atoms with Crippen LogP contribution < -0.4 is 16.4 Å². The zero-order valence-electron chi connectivity index (χ0n) is 17.0. The molecule has 2 aromatic rings. The molecule has 0 radical (unpaired) electrons. The number of halogens is 3. The third-order valence-corrected chi connectivity index (χ3v) is 4.66. The van der Waals surface area contributed by atoms with Gasteiger partial charge in [-0.1, -0.05) is 11.6 Å². The van der Waals surface area contributed by atoms with E-state index in [0.29, 0.717) is 37.6 Å². The maximum Gasteiger partial charge on any atom is 0.244 e. The van der Waals surface area contributed by atoms with Gasteiger partial charge >= 0.3 is 0 Å². The predicted octanol–water partition coefficient (Wildman–Crippen LogP) is 2.16. The highest BCUT2D eigenvalue weighted by Gasteiger charge is 2.15. The van der Waals surface area contributed by atoms with Crippen molar-refractivity contribution >= 4 is 35.5 Å². The summed E-state index contributed by atoms with van der Waals surface area (Å²) in [7, 11) is 0. The van der Waals surface area contributed by atoms with Gasteiger partial charge in [0.05, 0.1) is 25.1 Å². The van der Waals surface area contributed by atoms with E-state index in [2.05, 4.69) is 25.6 Å². The first-order valence-corrected chi connectivity index (χ1v) is 10.1. The summed E-state index contributed by atoms with van der Waals surface area (Å²) in [6.07, 6.45) is 4.01. The van der Waals surface area contributed by atoms with Crippen molar-refractivity contribution in [3.05, 3.63) is 58.5 Å². The van der Waals surface area contributed by atoms with Gasteiger partial charge in [-0.3, -0.25) is 9.79 Å². The quantitative estimate of drug-likeness (QED) is 0.511. The van der Waals surface area contributed by atoms with Crippen LogP contribution in [0.25, 0.3) is 0 Å². The number of nitrogens with one attached hydrogen (secondary N) is 2. The molecule has 1 fully saturated rings. The molecule has 2 heterocycles. The lowest BCUT2D eigenvalue weighted by Crippen LogP contribution is -2.41. The Labute approximate surface area is 188 Å². The molecule has 1 aromatic heterocycles. The normalized spacial score (nSPS) is 14.6. The van der Waals surface area contributed by atoms with Crippen LogP contribution in [0.2, 0.25) is 5.02 Å². The SMILES string of the molecule is NC=C(C=NCC(=O)N1CCOCC1)Nc1ncc(Cl)c(NCc2cc(F)cc(F)c2)n1. The number of carbonyl (C=O) groups is 1. The minimum atomic E-state index is -0.679. The summed E-state index contributed by atoms with van der Waals surface area (Å²) in [6, 6.07) is 3.20. The zero-order chi connectivity index (χ0) is 22.9. The van der Waals surface area contributed by atoms with E-state index >= 15 is 0 Å². The number of aromatic nitrogens is 2. The minimum Gasteiger partial charge on any atom is -0.403 e. The molecule has 0 aliphatic carbocycles. The number of ether oxygens (including phenoxy) is 1. The van der Waals surface area contributed by atoms with Gasteiger partial charge in [0.2, 0.25) is 11.9 Å². The number of aliphatic imine (C=N–C) groups is 1. The number of hydrogen-bond donors (Lipinski definition) is 3. The Kier molecular flexibility index (Phi) is 8.28. The zero-order valence-corrected chi connectivity index (χ0v) is 17.8. The molecule has 0 bridgehead atoms. The predicted molar refractivity (Wildman–Crippen MR) is 117 cm³/mol. The summed E-state index contributed by atoms with van der Waals surface area (Å²) in [6.45, 7) is 2.19. The third-order valence-electron chi connectivity index (χ3n) is 4.38. The van der Waals surface area contributed by atoms with E-state index in [1.54, 1.807) is 4.90 Å². The Bertz CT molecular complexity index is 993. The van der Waals surface area contributed by atoms with Crippen molar-refractivity contribution in [3.8, 4) is 0 Å². The van der Waals surface area contributed by atoms with Crippen molar-refractivity contribution < 1.29 is 18.3 Å². The molecule has 3 rings (SSSR count). The monoisotopic (exact) mass is 465 g/mol. The number of amides is 1. The van der Waals surface area contributed by atoms with Gasteiger partial charge < -0.3 is 26.0 Å². The fourth-order valence-corrected chi connectivity index (χ4v) is 2.99. The van der Waals surface area contributed by atoms with Gasteiger partial charge in [0.1, 0.15) is 23.2 Å². The molecule has 0 spiro atoms. The molecule has 170 valence electrons. The van der Waals surface area contributed by atoms with E-state index in [1.165, 1.54) is 30.7 Å². The first-order chi connectivity index (χ1) is 15.4. The highest BCUT2D eigenvalue weighted by molar-refractivity contribution is 6.32. The Hall–Kier alpha value is -3.31. The Balaban J connectivity index is 1.58. The lowest BCUT2D eigenvalue weighted by molar-refractivity contribution is -0.133. The molecule has 9 nitrogen and oxygen atoms in total. The van der Waals surface area contributed by atoms with Gasteiger partial charge in [-0.25, -0.2) is 13.8 Å². The molecule has 4 N–H and O–H groups in total. The number of allylic oxidation sites excluding steroid dienone is 1. The van der Waals surface area contributed by atoms with E-state index in [4.69, 9.17) is 22.1 Å². The van der Waals surface area contributed by atoms with Gasteiger partial charge in [0.25, 0.3) is 0 Å². The molecule has 0 atom stereocenters. The standard InChI is InChI=1S/C20H22ClF2N7O2/c21-17-11-27-20(29-19(17)26-9-13-5-14(22)7-15(23)6-13)28-16(8-24)10-25-12-18(31)30-1-3-32-4-2-30/h5-8,10-11H,1-4,9,12,24H2,(H2,26,27,28,29). The Morgan fingerprint density at radius 1 is 1.28 bits per heavy atom. The number of nitrogens with two attached hydrogens (primary N) is 1. The molecule has 12 heteroatoms. The summed E-state index contributed by atoms with van der Waals surface area (Å²) in [5, 5.41) is 5.99. The molecule has 1 aliphatic heterocycles. The van der Waals surface area contributed by atoms with Crippen LogP contribution in [0.15, 0.2) is 41.3 Å². The van der Waals surface area contributed by atoms with E-state index in [9.17, 15) is 13.6 Å². The highest BCUT2D eigenvalue weighted by Crippen LogP contribution is 2.21. The summed E-state index contributed by atoms with van der Waals surface area (Å²) in [5.74, 6) is -1.05. The van der Waals surface area contributed by atoms with Crippen molar-refractivity contribution in [3.63, 3.8) is 0 Å². The maximum absolute atomic E-state index is 13.3. The fourth-order valence-electron chi connectivity index (χ4n) is 2.83. The van der Waals surface area contributed by atoms with E-state index < -0.39 is 11.6 Å². The maximum atomic E-state index is 13.3. The molecule has 0 unspecified atom stereocenters. The molecule has 1 saturated heterocycles. The second kappa shape index (κ2) is 11.3. The Morgan fingerprint density at radius 2 is 2.00 bits per heavy atom. The summed E-state index contributed by atoms with van der Waals surface area (Å²) >= 11 is 6.11. The van der Waals surface area contributed by atoms with Crippen molar-refractivity contribution in [2.24, 2.45) is 10.7 Å². The number of morpholine rings is 1. The van der Waals surface area contributed by atoms with Crippen molar-refractivity contribution in [2.75, 3.05) is 43.5 Å². The lowest BCUT2D eigenvalue weighted by Gasteiger charge is -2.26. The first-order valence-electron chi connectivity index (χ1n) is 9.70. The minimum absolute atomic E-state index is 0.0303. The highest BCUT2D eigenvalue weighted by atomic mass is 35.5. The number of benzene rings is 1. The topological polar surface area (TPSA) is 118 Å². The largest absolute Gasteiger partial charge is 0.403 e. The van der Waals surface area contributed by atoms with Gasteiger partial charge in [-0.05, 0) is 17.7 Å². The number of rotatable bonds is 8. The van der Waals surface area contributed by atoms with Gasteiger partial charge in [0.15, 0.2) is 5.82 Å². The molecular formula is C20H22ClF2N7O2. The third kappa shape index (κ3) is 6.86. The van der Waals surface area contributed by atoms with Crippen LogP contribution in [0, 0.1) is 11.6 Å². The van der Waals surface area contributed by atoms with Crippen LogP contribution in [-0.2, 0) is 16.1 Å². The number of hydrogen-bond acceptors (Lipinski definition) is 8. The number of nitrogens with zero attached hydrogens (tertiary/aromatic N) is 4. The van der Waals surface area contributed by atoms with Crippen molar-refractivity contribution in [1.29, 1.82) is 0 Å².